The number of carbonyl (C=O) groups is 1. The van der Waals surface area contributed by atoms with Gasteiger partial charge in [-0.3, -0.25) is 4.79 Å². The van der Waals surface area contributed by atoms with E-state index in [4.69, 9.17) is 4.74 Å². The van der Waals surface area contributed by atoms with Crippen molar-refractivity contribution in [3.63, 3.8) is 0 Å². The third-order valence-corrected chi connectivity index (χ3v) is 3.91. The minimum absolute atomic E-state index is 0.0721. The molecule has 0 fully saturated rings. The van der Waals surface area contributed by atoms with Crippen LogP contribution >= 0.6 is 22.6 Å². The van der Waals surface area contributed by atoms with Crippen LogP contribution in [0, 0.1) is 9.39 Å². The van der Waals surface area contributed by atoms with E-state index in [1.807, 2.05) is 18.2 Å². The quantitative estimate of drug-likeness (QED) is 0.720. The van der Waals surface area contributed by atoms with Gasteiger partial charge in [0.15, 0.2) is 11.6 Å². The van der Waals surface area contributed by atoms with Crippen LogP contribution < -0.4 is 4.74 Å². The molecule has 5 heteroatoms. The Hall–Kier alpha value is -1.63. The van der Waals surface area contributed by atoms with Crippen LogP contribution in [0.5, 0.6) is 5.75 Å². The van der Waals surface area contributed by atoms with Gasteiger partial charge in [-0.1, -0.05) is 24.3 Å². The molecule has 1 amide bonds. The Labute approximate surface area is 136 Å². The van der Waals surface area contributed by atoms with Crippen molar-refractivity contribution in [3.05, 3.63) is 63.5 Å². The highest BCUT2D eigenvalue weighted by Crippen LogP contribution is 2.16. The molecule has 0 aromatic heterocycles. The summed E-state index contributed by atoms with van der Waals surface area (Å²) in [7, 11) is 1.70. The predicted molar refractivity (Wildman–Crippen MR) is 88.0 cm³/mol. The van der Waals surface area contributed by atoms with Crippen molar-refractivity contribution in [2.75, 3.05) is 20.2 Å². The van der Waals surface area contributed by atoms with Gasteiger partial charge >= 0.3 is 0 Å². The lowest BCUT2D eigenvalue weighted by molar-refractivity contribution is 0.0772. The van der Waals surface area contributed by atoms with Crippen molar-refractivity contribution in [2.45, 2.75) is 0 Å². The molecule has 3 nitrogen and oxygen atoms in total. The molecule has 0 heterocycles. The molecule has 0 bridgehead atoms. The molecule has 0 saturated carbocycles. The summed E-state index contributed by atoms with van der Waals surface area (Å²) in [5.41, 5.74) is 0.659. The molecule has 0 aliphatic heterocycles. The first-order valence-electron chi connectivity index (χ1n) is 6.47. The van der Waals surface area contributed by atoms with E-state index >= 15 is 0 Å². The van der Waals surface area contributed by atoms with Crippen LogP contribution in [0.3, 0.4) is 0 Å². The van der Waals surface area contributed by atoms with Crippen LogP contribution in [0.1, 0.15) is 10.4 Å². The van der Waals surface area contributed by atoms with E-state index in [2.05, 4.69) is 22.6 Å². The number of hydrogen-bond acceptors (Lipinski definition) is 2. The van der Waals surface area contributed by atoms with Crippen molar-refractivity contribution < 1.29 is 13.9 Å². The number of hydrogen-bond donors (Lipinski definition) is 0. The molecule has 2 aromatic carbocycles. The van der Waals surface area contributed by atoms with Gasteiger partial charge in [-0.25, -0.2) is 4.39 Å². The molecular weight excluding hydrogens is 384 g/mol. The first-order chi connectivity index (χ1) is 10.1. The summed E-state index contributed by atoms with van der Waals surface area (Å²) in [6.45, 7) is 0.630. The molecule has 0 radical (unpaired) electrons. The maximum absolute atomic E-state index is 13.4. The van der Waals surface area contributed by atoms with Crippen LogP contribution in [0.15, 0.2) is 48.5 Å². The predicted octanol–water partition coefficient (Wildman–Crippen LogP) is 3.58. The van der Waals surface area contributed by atoms with E-state index in [-0.39, 0.29) is 18.3 Å². The number of nitrogens with zero attached hydrogens (tertiary/aromatic N) is 1. The molecule has 0 N–H and O–H groups in total. The first-order valence-corrected chi connectivity index (χ1v) is 7.55. The Kier molecular flexibility index (Phi) is 5.55. The minimum atomic E-state index is -0.399. The number of carbonyl (C=O) groups excluding carboxylic acids is 1. The normalized spacial score (nSPS) is 10.2. The first kappa shape index (κ1) is 15.8. The number of likely N-dealkylation sites (N-methyl/N-ethyl adjacent to an activating group) is 1. The summed E-state index contributed by atoms with van der Waals surface area (Å²) in [5.74, 6) is -0.270. The second-order valence-corrected chi connectivity index (χ2v) is 5.65. The number of amides is 1. The van der Waals surface area contributed by atoms with Gasteiger partial charge in [0, 0.05) is 10.6 Å². The maximum Gasteiger partial charge on any atom is 0.254 e. The number of rotatable bonds is 5. The van der Waals surface area contributed by atoms with Gasteiger partial charge in [-0.15, -0.1) is 0 Å². The van der Waals surface area contributed by atoms with E-state index in [0.29, 0.717) is 12.1 Å². The van der Waals surface area contributed by atoms with Gasteiger partial charge in [0.2, 0.25) is 0 Å². The second-order valence-electron chi connectivity index (χ2n) is 4.49. The Morgan fingerprint density at radius 3 is 2.57 bits per heavy atom. The Morgan fingerprint density at radius 2 is 1.86 bits per heavy atom. The molecule has 0 aliphatic rings. The summed E-state index contributed by atoms with van der Waals surface area (Å²) in [5, 5.41) is 0. The van der Waals surface area contributed by atoms with Gasteiger partial charge < -0.3 is 9.64 Å². The van der Waals surface area contributed by atoms with Crippen molar-refractivity contribution in [1.82, 2.24) is 4.90 Å². The molecule has 0 spiro atoms. The monoisotopic (exact) mass is 399 g/mol. The lowest BCUT2D eigenvalue weighted by atomic mass is 10.2. The molecule has 0 aliphatic carbocycles. The summed E-state index contributed by atoms with van der Waals surface area (Å²) in [6.07, 6.45) is 0. The smallest absolute Gasteiger partial charge is 0.254 e. The van der Waals surface area contributed by atoms with Crippen molar-refractivity contribution >= 4 is 28.5 Å². The van der Waals surface area contributed by atoms with Crippen molar-refractivity contribution in [3.8, 4) is 5.75 Å². The maximum atomic E-state index is 13.4. The zero-order chi connectivity index (χ0) is 15.2. The summed E-state index contributed by atoms with van der Waals surface area (Å²) >= 11 is 2.13. The highest BCUT2D eigenvalue weighted by Gasteiger charge is 2.14. The number of halogens is 2. The standard InChI is InChI=1S/C16H15FINO2/c1-19(16(20)12-6-2-4-8-14(12)18)10-11-21-15-9-5-3-7-13(15)17/h2-9H,10-11H2,1H3. The highest BCUT2D eigenvalue weighted by atomic mass is 127. The molecule has 2 aromatic rings. The van der Waals surface area contributed by atoms with Crippen LogP contribution in [0.2, 0.25) is 0 Å². The lowest BCUT2D eigenvalue weighted by Crippen LogP contribution is -2.31. The van der Waals surface area contributed by atoms with Crippen LogP contribution in [-0.4, -0.2) is 31.0 Å². The molecule has 0 unspecified atom stereocenters. The van der Waals surface area contributed by atoms with E-state index < -0.39 is 5.82 Å². The van der Waals surface area contributed by atoms with Crippen LogP contribution in [-0.2, 0) is 0 Å². The van der Waals surface area contributed by atoms with E-state index in [0.717, 1.165) is 3.57 Å². The average molecular weight is 399 g/mol. The summed E-state index contributed by atoms with van der Waals surface area (Å²) < 4.78 is 19.6. The zero-order valence-electron chi connectivity index (χ0n) is 11.6. The third-order valence-electron chi connectivity index (χ3n) is 2.97. The van der Waals surface area contributed by atoms with Crippen LogP contribution in [0.4, 0.5) is 4.39 Å². The SMILES string of the molecule is CN(CCOc1ccccc1F)C(=O)c1ccccc1I. The van der Waals surface area contributed by atoms with Gasteiger partial charge in [0.25, 0.3) is 5.91 Å². The molecule has 0 saturated heterocycles. The number of para-hydroxylation sites is 1. The molecular formula is C16H15FINO2. The number of benzene rings is 2. The molecule has 0 atom stereocenters. The van der Waals surface area contributed by atoms with Gasteiger partial charge in [-0.05, 0) is 46.9 Å². The summed E-state index contributed by atoms with van der Waals surface area (Å²) in [6, 6.07) is 13.6. The Morgan fingerprint density at radius 1 is 1.19 bits per heavy atom. The van der Waals surface area contributed by atoms with E-state index in [9.17, 15) is 9.18 Å². The van der Waals surface area contributed by atoms with Gasteiger partial charge in [0.1, 0.15) is 6.61 Å². The number of ether oxygens (including phenoxy) is 1. The molecule has 2 rings (SSSR count). The lowest BCUT2D eigenvalue weighted by Gasteiger charge is -2.18. The van der Waals surface area contributed by atoms with Crippen molar-refractivity contribution in [2.24, 2.45) is 0 Å². The average Bonchev–Trinajstić information content (AvgIpc) is 2.49. The molecule has 110 valence electrons. The minimum Gasteiger partial charge on any atom is -0.489 e. The fourth-order valence-electron chi connectivity index (χ4n) is 1.80. The fourth-order valence-corrected chi connectivity index (χ4v) is 2.41. The van der Waals surface area contributed by atoms with E-state index in [1.54, 1.807) is 36.2 Å². The molecule has 21 heavy (non-hydrogen) atoms. The van der Waals surface area contributed by atoms with E-state index in [1.165, 1.54) is 6.07 Å². The fraction of sp³-hybridized carbons (Fsp3) is 0.188. The zero-order valence-corrected chi connectivity index (χ0v) is 13.7. The Bertz CT molecular complexity index is 633. The Balaban J connectivity index is 1.90. The topological polar surface area (TPSA) is 29.5 Å². The van der Waals surface area contributed by atoms with Crippen molar-refractivity contribution in [1.29, 1.82) is 0 Å². The second kappa shape index (κ2) is 7.40. The highest BCUT2D eigenvalue weighted by molar-refractivity contribution is 14.1. The summed E-state index contributed by atoms with van der Waals surface area (Å²) in [4.78, 5) is 13.8. The third kappa shape index (κ3) is 4.17. The van der Waals surface area contributed by atoms with Gasteiger partial charge in [0.05, 0.1) is 12.1 Å². The largest absolute Gasteiger partial charge is 0.489 e. The van der Waals surface area contributed by atoms with Crippen LogP contribution in [0.25, 0.3) is 0 Å². The van der Waals surface area contributed by atoms with Gasteiger partial charge in [-0.2, -0.15) is 0 Å².